The zero-order chi connectivity index (χ0) is 15.6. The maximum absolute atomic E-state index is 13.4. The maximum Gasteiger partial charge on any atom is 0.416 e. The molecule has 0 amide bonds. The number of rotatable bonds is 3. The van der Waals surface area contributed by atoms with Crippen LogP contribution in [-0.4, -0.2) is 6.29 Å². The normalized spacial score (nSPS) is 11.3. The van der Waals surface area contributed by atoms with Gasteiger partial charge in [0.15, 0.2) is 6.29 Å². The van der Waals surface area contributed by atoms with Crippen LogP contribution in [0.25, 0.3) is 0 Å². The highest BCUT2D eigenvalue weighted by Crippen LogP contribution is 2.34. The molecule has 0 aliphatic carbocycles. The Hall–Kier alpha value is -2.37. The molecule has 2 rings (SSSR count). The standard InChI is InChI=1S/C15H10F4O2/c1-9-2-5-12(7-13(9)16)21-14-6-11(15(17,18)19)4-3-10(14)8-20/h2-8H,1H3. The largest absolute Gasteiger partial charge is 0.456 e. The molecule has 0 atom stereocenters. The second-order valence-corrected chi connectivity index (χ2v) is 4.38. The number of hydrogen-bond acceptors (Lipinski definition) is 2. The third-order valence-corrected chi connectivity index (χ3v) is 2.84. The van der Waals surface area contributed by atoms with Crippen LogP contribution in [0.4, 0.5) is 17.6 Å². The Morgan fingerprint density at radius 3 is 2.38 bits per heavy atom. The monoisotopic (exact) mass is 298 g/mol. The zero-order valence-electron chi connectivity index (χ0n) is 10.9. The zero-order valence-corrected chi connectivity index (χ0v) is 10.9. The third kappa shape index (κ3) is 3.39. The van der Waals surface area contributed by atoms with Gasteiger partial charge in [-0.3, -0.25) is 4.79 Å². The SMILES string of the molecule is Cc1ccc(Oc2cc(C(F)(F)F)ccc2C=O)cc1F. The van der Waals surface area contributed by atoms with E-state index in [1.54, 1.807) is 6.92 Å². The van der Waals surface area contributed by atoms with Gasteiger partial charge in [-0.05, 0) is 36.8 Å². The minimum atomic E-state index is -4.56. The Labute approximate surface area is 118 Å². The van der Waals surface area contributed by atoms with Crippen LogP contribution in [0.15, 0.2) is 36.4 Å². The molecule has 0 radical (unpaired) electrons. The van der Waals surface area contributed by atoms with Gasteiger partial charge in [0, 0.05) is 6.07 Å². The molecule has 0 aliphatic heterocycles. The number of carbonyl (C=O) groups is 1. The van der Waals surface area contributed by atoms with Crippen molar-refractivity contribution < 1.29 is 27.1 Å². The topological polar surface area (TPSA) is 26.3 Å². The highest BCUT2D eigenvalue weighted by molar-refractivity contribution is 5.79. The van der Waals surface area contributed by atoms with Crippen LogP contribution in [0.5, 0.6) is 11.5 Å². The minimum Gasteiger partial charge on any atom is -0.456 e. The Morgan fingerprint density at radius 2 is 1.81 bits per heavy atom. The smallest absolute Gasteiger partial charge is 0.416 e. The molecule has 6 heteroatoms. The summed E-state index contributed by atoms with van der Waals surface area (Å²) in [6, 6.07) is 6.39. The van der Waals surface area contributed by atoms with Gasteiger partial charge in [0.2, 0.25) is 0 Å². The highest BCUT2D eigenvalue weighted by Gasteiger charge is 2.31. The van der Waals surface area contributed by atoms with Crippen molar-refractivity contribution in [2.45, 2.75) is 13.1 Å². The Kier molecular flexibility index (Phi) is 3.97. The van der Waals surface area contributed by atoms with E-state index in [1.807, 2.05) is 0 Å². The van der Waals surface area contributed by atoms with E-state index >= 15 is 0 Å². The number of benzene rings is 2. The molecule has 110 valence electrons. The molecule has 0 bridgehead atoms. The highest BCUT2D eigenvalue weighted by atomic mass is 19.4. The van der Waals surface area contributed by atoms with Crippen molar-refractivity contribution in [3.8, 4) is 11.5 Å². The summed E-state index contributed by atoms with van der Waals surface area (Å²) in [6.07, 6.45) is -4.18. The van der Waals surface area contributed by atoms with Gasteiger partial charge in [0.25, 0.3) is 0 Å². The fourth-order valence-electron chi connectivity index (χ4n) is 1.66. The Morgan fingerprint density at radius 1 is 1.10 bits per heavy atom. The van der Waals surface area contributed by atoms with Gasteiger partial charge in [-0.15, -0.1) is 0 Å². The summed E-state index contributed by atoms with van der Waals surface area (Å²) in [6.45, 7) is 1.54. The molecular formula is C15H10F4O2. The molecular weight excluding hydrogens is 288 g/mol. The molecule has 0 saturated carbocycles. The first kappa shape index (κ1) is 15.0. The van der Waals surface area contributed by atoms with Crippen molar-refractivity contribution in [2.24, 2.45) is 0 Å². The summed E-state index contributed by atoms with van der Waals surface area (Å²) in [5.74, 6) is -0.810. The second-order valence-electron chi connectivity index (χ2n) is 4.38. The first-order valence-electron chi connectivity index (χ1n) is 5.91. The van der Waals surface area contributed by atoms with Crippen molar-refractivity contribution in [2.75, 3.05) is 0 Å². The third-order valence-electron chi connectivity index (χ3n) is 2.84. The van der Waals surface area contributed by atoms with Crippen molar-refractivity contribution in [3.63, 3.8) is 0 Å². The fourth-order valence-corrected chi connectivity index (χ4v) is 1.66. The van der Waals surface area contributed by atoms with Crippen LogP contribution in [-0.2, 0) is 6.18 Å². The lowest BCUT2D eigenvalue weighted by molar-refractivity contribution is -0.137. The van der Waals surface area contributed by atoms with E-state index in [-0.39, 0.29) is 17.1 Å². The predicted molar refractivity (Wildman–Crippen MR) is 68.0 cm³/mol. The summed E-state index contributed by atoms with van der Waals surface area (Å²) in [5, 5.41) is 0. The number of halogens is 4. The molecule has 0 spiro atoms. The van der Waals surface area contributed by atoms with Crippen molar-refractivity contribution in [3.05, 3.63) is 58.9 Å². The predicted octanol–water partition coefficient (Wildman–Crippen LogP) is 4.76. The molecule has 0 aliphatic rings. The molecule has 0 saturated heterocycles. The van der Waals surface area contributed by atoms with Gasteiger partial charge in [-0.1, -0.05) is 6.07 Å². The molecule has 2 nitrogen and oxygen atoms in total. The summed E-state index contributed by atoms with van der Waals surface area (Å²) < 4.78 is 56.6. The second kappa shape index (κ2) is 5.55. The van der Waals surface area contributed by atoms with Crippen LogP contribution in [0, 0.1) is 12.7 Å². The maximum atomic E-state index is 13.4. The van der Waals surface area contributed by atoms with E-state index in [9.17, 15) is 22.4 Å². The van der Waals surface area contributed by atoms with Gasteiger partial charge < -0.3 is 4.74 Å². The molecule has 0 aromatic heterocycles. The summed E-state index contributed by atoms with van der Waals surface area (Å²) in [5.41, 5.74) is -0.623. The number of ether oxygens (including phenoxy) is 1. The number of aryl methyl sites for hydroxylation is 1. The van der Waals surface area contributed by atoms with E-state index in [4.69, 9.17) is 4.74 Å². The lowest BCUT2D eigenvalue weighted by Crippen LogP contribution is -2.05. The Balaban J connectivity index is 2.41. The molecule has 0 unspecified atom stereocenters. The van der Waals surface area contributed by atoms with Crippen molar-refractivity contribution >= 4 is 6.29 Å². The average Bonchev–Trinajstić information content (AvgIpc) is 2.42. The van der Waals surface area contributed by atoms with E-state index in [1.165, 1.54) is 12.1 Å². The van der Waals surface area contributed by atoms with Crippen molar-refractivity contribution in [1.29, 1.82) is 0 Å². The van der Waals surface area contributed by atoms with Crippen LogP contribution >= 0.6 is 0 Å². The lowest BCUT2D eigenvalue weighted by Gasteiger charge is -2.12. The Bertz CT molecular complexity index is 678. The van der Waals surface area contributed by atoms with Gasteiger partial charge in [-0.25, -0.2) is 4.39 Å². The van der Waals surface area contributed by atoms with Crippen molar-refractivity contribution in [1.82, 2.24) is 0 Å². The van der Waals surface area contributed by atoms with E-state index in [0.29, 0.717) is 17.9 Å². The van der Waals surface area contributed by atoms with Gasteiger partial charge in [-0.2, -0.15) is 13.2 Å². The molecule has 0 N–H and O–H groups in total. The lowest BCUT2D eigenvalue weighted by atomic mass is 10.1. The number of aldehydes is 1. The van der Waals surface area contributed by atoms with Crippen LogP contribution in [0.2, 0.25) is 0 Å². The number of hydrogen-bond donors (Lipinski definition) is 0. The van der Waals surface area contributed by atoms with Gasteiger partial charge in [0.05, 0.1) is 11.1 Å². The minimum absolute atomic E-state index is 0.0144. The first-order valence-corrected chi connectivity index (χ1v) is 5.91. The number of carbonyl (C=O) groups excluding carboxylic acids is 1. The summed E-state index contributed by atoms with van der Waals surface area (Å²) >= 11 is 0. The summed E-state index contributed by atoms with van der Waals surface area (Å²) in [4.78, 5) is 10.9. The van der Waals surface area contributed by atoms with Crippen LogP contribution < -0.4 is 4.74 Å². The van der Waals surface area contributed by atoms with Gasteiger partial charge >= 0.3 is 6.18 Å². The molecule has 0 heterocycles. The fraction of sp³-hybridized carbons (Fsp3) is 0.133. The number of alkyl halides is 3. The van der Waals surface area contributed by atoms with Crippen LogP contribution in [0.3, 0.4) is 0 Å². The first-order chi connectivity index (χ1) is 9.81. The van der Waals surface area contributed by atoms with E-state index < -0.39 is 17.6 Å². The van der Waals surface area contributed by atoms with E-state index in [0.717, 1.165) is 18.2 Å². The molecule has 2 aromatic rings. The van der Waals surface area contributed by atoms with Crippen LogP contribution in [0.1, 0.15) is 21.5 Å². The molecule has 2 aromatic carbocycles. The summed E-state index contributed by atoms with van der Waals surface area (Å²) in [7, 11) is 0. The molecule has 0 fully saturated rings. The quantitative estimate of drug-likeness (QED) is 0.603. The van der Waals surface area contributed by atoms with Gasteiger partial charge in [0.1, 0.15) is 17.3 Å². The average molecular weight is 298 g/mol. The van der Waals surface area contributed by atoms with E-state index in [2.05, 4.69) is 0 Å². The molecule has 21 heavy (non-hydrogen) atoms.